The molecule has 0 aliphatic carbocycles. The molecule has 0 amide bonds. The lowest BCUT2D eigenvalue weighted by molar-refractivity contribution is 0.163. The first-order chi connectivity index (χ1) is 5.00. The van der Waals surface area contributed by atoms with Crippen molar-refractivity contribution in [2.45, 2.75) is 52.4 Å². The van der Waals surface area contributed by atoms with Gasteiger partial charge < -0.3 is 0 Å². The summed E-state index contributed by atoms with van der Waals surface area (Å²) >= 11 is 5.93. The van der Waals surface area contributed by atoms with Crippen LogP contribution in [0.25, 0.3) is 0 Å². The van der Waals surface area contributed by atoms with Crippen molar-refractivity contribution in [2.75, 3.05) is 0 Å². The summed E-state index contributed by atoms with van der Waals surface area (Å²) in [6.45, 7) is 11.2. The van der Waals surface area contributed by atoms with E-state index in [1.54, 1.807) is 0 Å². The SMILES string of the molecule is CC(C)N(C(C)C)C(C)[SiH2]Cl. The van der Waals surface area contributed by atoms with E-state index in [0.717, 1.165) is 0 Å². The molecule has 0 bridgehead atoms. The maximum absolute atomic E-state index is 5.93. The largest absolute Gasteiger partial charge is 0.298 e. The van der Waals surface area contributed by atoms with E-state index in [4.69, 9.17) is 11.1 Å². The van der Waals surface area contributed by atoms with Crippen molar-refractivity contribution in [3.8, 4) is 0 Å². The Morgan fingerprint density at radius 1 is 1.00 bits per heavy atom. The topological polar surface area (TPSA) is 3.24 Å². The number of hydrogen-bond acceptors (Lipinski definition) is 1. The summed E-state index contributed by atoms with van der Waals surface area (Å²) in [4.78, 5) is 2.49. The third-order valence-corrected chi connectivity index (χ3v) is 4.13. The Labute approximate surface area is 77.6 Å². The summed E-state index contributed by atoms with van der Waals surface area (Å²) in [7, 11) is -0.397. The lowest BCUT2D eigenvalue weighted by atomic mass is 10.2. The molecule has 0 saturated heterocycles. The van der Waals surface area contributed by atoms with Gasteiger partial charge in [-0.3, -0.25) is 4.90 Å². The molecule has 0 spiro atoms. The Bertz CT molecular complexity index is 98.3. The van der Waals surface area contributed by atoms with Gasteiger partial charge in [0, 0.05) is 17.7 Å². The van der Waals surface area contributed by atoms with Crippen LogP contribution in [0.15, 0.2) is 0 Å². The van der Waals surface area contributed by atoms with Gasteiger partial charge in [-0.25, -0.2) is 0 Å². The minimum Gasteiger partial charge on any atom is -0.298 e. The van der Waals surface area contributed by atoms with Crippen LogP contribution in [0.1, 0.15) is 34.6 Å². The Hall–Kier alpha value is 0.467. The van der Waals surface area contributed by atoms with Gasteiger partial charge in [0.2, 0.25) is 0 Å². The van der Waals surface area contributed by atoms with Crippen LogP contribution in [0, 0.1) is 0 Å². The third kappa shape index (κ3) is 3.59. The summed E-state index contributed by atoms with van der Waals surface area (Å²) in [5.41, 5.74) is 0.622. The van der Waals surface area contributed by atoms with Crippen molar-refractivity contribution in [1.29, 1.82) is 0 Å². The summed E-state index contributed by atoms with van der Waals surface area (Å²) in [5, 5.41) is 0. The first kappa shape index (κ1) is 11.5. The normalized spacial score (nSPS) is 16.1. The molecule has 0 rings (SSSR count). The Morgan fingerprint density at radius 3 is 1.45 bits per heavy atom. The van der Waals surface area contributed by atoms with E-state index < -0.39 is 8.83 Å². The number of hydrogen-bond donors (Lipinski definition) is 0. The Kier molecular flexibility index (Phi) is 5.39. The average molecular weight is 194 g/mol. The van der Waals surface area contributed by atoms with E-state index in [1.807, 2.05) is 0 Å². The average Bonchev–Trinajstić information content (AvgIpc) is 1.85. The van der Waals surface area contributed by atoms with Gasteiger partial charge in [-0.05, 0) is 27.7 Å². The molecular weight excluding hydrogens is 174 g/mol. The fraction of sp³-hybridized carbons (Fsp3) is 1.00. The highest BCUT2D eigenvalue weighted by molar-refractivity contribution is 6.94. The van der Waals surface area contributed by atoms with Gasteiger partial charge >= 0.3 is 0 Å². The molecule has 0 radical (unpaired) electrons. The molecule has 11 heavy (non-hydrogen) atoms. The van der Waals surface area contributed by atoms with E-state index in [2.05, 4.69) is 39.5 Å². The lowest BCUT2D eigenvalue weighted by Crippen LogP contribution is -2.45. The van der Waals surface area contributed by atoms with Crippen LogP contribution >= 0.6 is 11.1 Å². The van der Waals surface area contributed by atoms with Gasteiger partial charge in [0.05, 0.1) is 0 Å². The van der Waals surface area contributed by atoms with Gasteiger partial charge in [0.25, 0.3) is 0 Å². The highest BCUT2D eigenvalue weighted by atomic mass is 35.6. The van der Waals surface area contributed by atoms with Gasteiger partial charge in [0.15, 0.2) is 0 Å². The molecule has 0 aliphatic heterocycles. The van der Waals surface area contributed by atoms with Crippen molar-refractivity contribution in [1.82, 2.24) is 4.90 Å². The van der Waals surface area contributed by atoms with Crippen molar-refractivity contribution in [2.24, 2.45) is 0 Å². The monoisotopic (exact) mass is 193 g/mol. The molecule has 0 aromatic heterocycles. The van der Waals surface area contributed by atoms with Gasteiger partial charge in [-0.1, -0.05) is 6.92 Å². The Morgan fingerprint density at radius 2 is 1.36 bits per heavy atom. The van der Waals surface area contributed by atoms with Crippen LogP contribution in [-0.4, -0.2) is 31.5 Å². The quantitative estimate of drug-likeness (QED) is 0.486. The molecule has 0 fully saturated rings. The summed E-state index contributed by atoms with van der Waals surface area (Å²) < 4.78 is 0. The molecule has 1 atom stereocenters. The summed E-state index contributed by atoms with van der Waals surface area (Å²) in [6.07, 6.45) is 0. The standard InChI is InChI=1S/C8H20ClNSi/c1-6(2)10(7(3)4)8(5)11-9/h6-8H,11H2,1-5H3. The van der Waals surface area contributed by atoms with Crippen molar-refractivity contribution < 1.29 is 0 Å². The zero-order valence-electron chi connectivity index (χ0n) is 8.26. The van der Waals surface area contributed by atoms with E-state index in [1.165, 1.54) is 0 Å². The number of nitrogens with zero attached hydrogens (tertiary/aromatic N) is 1. The molecule has 0 aliphatic rings. The second-order valence-corrected chi connectivity index (χ2v) is 6.05. The minimum absolute atomic E-state index is 0.397. The Balaban J connectivity index is 4.09. The van der Waals surface area contributed by atoms with E-state index >= 15 is 0 Å². The molecule has 0 aromatic rings. The highest BCUT2D eigenvalue weighted by Crippen LogP contribution is 2.10. The lowest BCUT2D eigenvalue weighted by Gasteiger charge is -2.35. The molecule has 1 unspecified atom stereocenters. The third-order valence-electron chi connectivity index (χ3n) is 1.92. The van der Waals surface area contributed by atoms with Crippen LogP contribution in [-0.2, 0) is 0 Å². The van der Waals surface area contributed by atoms with Crippen LogP contribution < -0.4 is 0 Å². The first-order valence-electron chi connectivity index (χ1n) is 4.34. The van der Waals surface area contributed by atoms with Crippen LogP contribution in [0.2, 0.25) is 0 Å². The molecule has 0 aromatic carbocycles. The molecule has 0 N–H and O–H groups in total. The predicted molar refractivity (Wildman–Crippen MR) is 56.0 cm³/mol. The first-order valence-corrected chi connectivity index (χ1v) is 7.29. The zero-order valence-corrected chi connectivity index (χ0v) is 10.4. The van der Waals surface area contributed by atoms with Gasteiger partial charge in [-0.2, -0.15) is 11.1 Å². The highest BCUT2D eigenvalue weighted by Gasteiger charge is 2.18. The van der Waals surface area contributed by atoms with Crippen molar-refractivity contribution in [3.63, 3.8) is 0 Å². The van der Waals surface area contributed by atoms with E-state index in [0.29, 0.717) is 17.7 Å². The molecule has 0 heterocycles. The van der Waals surface area contributed by atoms with Crippen molar-refractivity contribution in [3.05, 3.63) is 0 Å². The van der Waals surface area contributed by atoms with Crippen LogP contribution in [0.5, 0.6) is 0 Å². The van der Waals surface area contributed by atoms with Crippen molar-refractivity contribution >= 4 is 19.9 Å². The fourth-order valence-electron chi connectivity index (χ4n) is 1.69. The summed E-state index contributed by atoms with van der Waals surface area (Å²) in [5.74, 6) is 0. The second kappa shape index (κ2) is 5.17. The molecule has 3 heteroatoms. The maximum Gasteiger partial charge on any atom is 0.142 e. The van der Waals surface area contributed by atoms with Crippen LogP contribution in [0.3, 0.4) is 0 Å². The fourth-order valence-corrected chi connectivity index (χ4v) is 3.17. The summed E-state index contributed by atoms with van der Waals surface area (Å²) in [6, 6.07) is 1.24. The maximum atomic E-state index is 5.93. The van der Waals surface area contributed by atoms with E-state index in [9.17, 15) is 0 Å². The van der Waals surface area contributed by atoms with E-state index in [-0.39, 0.29) is 0 Å². The number of rotatable bonds is 4. The van der Waals surface area contributed by atoms with Gasteiger partial charge in [-0.15, -0.1) is 0 Å². The smallest absolute Gasteiger partial charge is 0.142 e. The number of halogens is 1. The van der Waals surface area contributed by atoms with Crippen LogP contribution in [0.4, 0.5) is 0 Å². The minimum atomic E-state index is -0.397. The van der Waals surface area contributed by atoms with Gasteiger partial charge in [0.1, 0.15) is 8.83 Å². The zero-order chi connectivity index (χ0) is 9.02. The molecule has 1 nitrogen and oxygen atoms in total. The molecule has 68 valence electrons. The molecule has 0 saturated carbocycles. The predicted octanol–water partition coefficient (Wildman–Crippen LogP) is 1.77. The molecular formula is C8H20ClNSi. The second-order valence-electron chi connectivity index (χ2n) is 3.64.